The average Bonchev–Trinajstić information content (AvgIpc) is 3.43. The van der Waals surface area contributed by atoms with Gasteiger partial charge in [0.15, 0.2) is 0 Å². The van der Waals surface area contributed by atoms with Crippen LogP contribution in [0.2, 0.25) is 0 Å². The fourth-order valence-corrected chi connectivity index (χ4v) is 9.05. The van der Waals surface area contributed by atoms with Crippen LogP contribution in [0.5, 0.6) is 0 Å². The first-order valence-corrected chi connectivity index (χ1v) is 16.9. The van der Waals surface area contributed by atoms with Crippen molar-refractivity contribution in [3.05, 3.63) is 109 Å². The summed E-state index contributed by atoms with van der Waals surface area (Å²) in [4.78, 5) is 0. The third-order valence-corrected chi connectivity index (χ3v) is 11.0. The number of allylic oxidation sites excluding steroid dienone is 5. The standard InChI is InChI=1S/C20H38NP.C16H14.Ti/c1-17(2)11-14-22(15-12-18(3)4,16-13-19(5)6)21-20-9-7-8-10-20;1-13(15-9-5-3-6-10-15)14(2)16-11-7-4-8-12-16;/h7-9,17-19H,10-16H2,1-6H3;3-12H,1-2H2;. The van der Waals surface area contributed by atoms with Crippen molar-refractivity contribution in [2.45, 2.75) is 67.2 Å². The molecule has 3 heteroatoms. The first-order chi connectivity index (χ1) is 18.1. The molecule has 0 fully saturated rings. The van der Waals surface area contributed by atoms with E-state index in [1.807, 2.05) is 36.4 Å². The van der Waals surface area contributed by atoms with Crippen LogP contribution < -0.4 is 0 Å². The van der Waals surface area contributed by atoms with Crippen LogP contribution in [-0.2, 0) is 21.7 Å². The van der Waals surface area contributed by atoms with Crippen LogP contribution in [0.15, 0.2) is 102 Å². The van der Waals surface area contributed by atoms with Gasteiger partial charge in [0.05, 0.1) is 0 Å². The molecule has 0 saturated heterocycles. The van der Waals surface area contributed by atoms with Crippen LogP contribution in [0, 0.1) is 17.8 Å². The van der Waals surface area contributed by atoms with Crippen molar-refractivity contribution in [2.75, 3.05) is 18.5 Å². The zero-order chi connectivity index (χ0) is 28.0. The molecule has 0 spiro atoms. The average molecular weight is 578 g/mol. The van der Waals surface area contributed by atoms with E-state index in [4.69, 9.17) is 4.74 Å². The quantitative estimate of drug-likeness (QED) is 0.128. The van der Waals surface area contributed by atoms with Crippen molar-refractivity contribution in [1.29, 1.82) is 0 Å². The SMILES string of the molecule is C=C(C(=C)c1ccccc1)c1ccccc1.CC(C)CCP(CCC(C)C)(CCC(C)C)=NC1=CC=CC1.[Ti]. The first-order valence-electron chi connectivity index (χ1n) is 14.6. The van der Waals surface area contributed by atoms with Gasteiger partial charge in [-0.3, -0.25) is 4.74 Å². The molecule has 210 valence electrons. The minimum Gasteiger partial charge on any atom is -0.272 e. The molecule has 0 bridgehead atoms. The first kappa shape index (κ1) is 35.4. The molecular formula is C36H52NPTi. The third-order valence-electron chi connectivity index (χ3n) is 7.07. The van der Waals surface area contributed by atoms with Gasteiger partial charge in [0.25, 0.3) is 0 Å². The van der Waals surface area contributed by atoms with Gasteiger partial charge in [0.2, 0.25) is 0 Å². The zero-order valence-electron chi connectivity index (χ0n) is 25.5. The van der Waals surface area contributed by atoms with Crippen molar-refractivity contribution in [3.63, 3.8) is 0 Å². The van der Waals surface area contributed by atoms with E-state index in [1.165, 1.54) is 43.4 Å². The summed E-state index contributed by atoms with van der Waals surface area (Å²) in [5, 5.41) is 0. The van der Waals surface area contributed by atoms with Gasteiger partial charge in [0, 0.05) is 33.8 Å². The minimum absolute atomic E-state index is 0. The Morgan fingerprint density at radius 2 is 1.08 bits per heavy atom. The van der Waals surface area contributed by atoms with Crippen molar-refractivity contribution in [3.8, 4) is 0 Å². The van der Waals surface area contributed by atoms with Crippen LogP contribution in [0.3, 0.4) is 0 Å². The Kier molecular flexibility index (Phi) is 16.9. The molecule has 0 heterocycles. The van der Waals surface area contributed by atoms with Gasteiger partial charge < -0.3 is 0 Å². The molecule has 3 rings (SSSR count). The monoisotopic (exact) mass is 577 g/mol. The van der Waals surface area contributed by atoms with E-state index in [0.29, 0.717) is 0 Å². The normalized spacial score (nSPS) is 12.6. The Hall–Kier alpha value is -1.66. The maximum Gasteiger partial charge on any atom is 0.0425 e. The summed E-state index contributed by atoms with van der Waals surface area (Å²) in [5.41, 5.74) is 5.55. The molecule has 1 nitrogen and oxygen atoms in total. The van der Waals surface area contributed by atoms with E-state index in [2.05, 4.69) is 97.2 Å². The number of benzene rings is 2. The van der Waals surface area contributed by atoms with Crippen molar-refractivity contribution in [1.82, 2.24) is 0 Å². The van der Waals surface area contributed by atoms with E-state index >= 15 is 0 Å². The zero-order valence-corrected chi connectivity index (χ0v) is 28.0. The van der Waals surface area contributed by atoms with Crippen molar-refractivity contribution >= 4 is 18.2 Å². The third kappa shape index (κ3) is 13.5. The van der Waals surface area contributed by atoms with E-state index < -0.39 is 7.05 Å². The molecule has 0 aromatic heterocycles. The summed E-state index contributed by atoms with van der Waals surface area (Å²) in [6.45, 7) is 22.3. The molecule has 2 aromatic rings. The topological polar surface area (TPSA) is 12.4 Å². The van der Waals surface area contributed by atoms with E-state index in [1.54, 1.807) is 0 Å². The predicted molar refractivity (Wildman–Crippen MR) is 175 cm³/mol. The van der Waals surface area contributed by atoms with Crippen LogP contribution in [0.1, 0.15) is 78.4 Å². The maximum absolute atomic E-state index is 5.43. The van der Waals surface area contributed by atoms with Crippen molar-refractivity contribution in [2.24, 2.45) is 22.5 Å². The van der Waals surface area contributed by atoms with Crippen LogP contribution in [0.4, 0.5) is 0 Å². The Morgan fingerprint density at radius 3 is 1.38 bits per heavy atom. The molecule has 0 amide bonds. The van der Waals surface area contributed by atoms with Crippen LogP contribution >= 0.6 is 7.05 Å². The summed E-state index contributed by atoms with van der Waals surface area (Å²) in [6, 6.07) is 20.3. The smallest absolute Gasteiger partial charge is 0.0425 e. The van der Waals surface area contributed by atoms with E-state index in [-0.39, 0.29) is 21.7 Å². The summed E-state index contributed by atoms with van der Waals surface area (Å²) in [5.74, 6) is 2.38. The molecule has 0 N–H and O–H groups in total. The molecule has 0 saturated carbocycles. The largest absolute Gasteiger partial charge is 0.272 e. The molecular weight excluding hydrogens is 525 g/mol. The Labute approximate surface area is 255 Å². The Bertz CT molecular complexity index is 1020. The summed E-state index contributed by atoms with van der Waals surface area (Å²) in [6.07, 6.45) is 15.9. The van der Waals surface area contributed by atoms with Gasteiger partial charge in [0.1, 0.15) is 0 Å². The van der Waals surface area contributed by atoms with Gasteiger partial charge in [-0.25, -0.2) is 0 Å². The molecule has 0 atom stereocenters. The Balaban J connectivity index is 0.000000396. The van der Waals surface area contributed by atoms with E-state index in [0.717, 1.165) is 46.4 Å². The van der Waals surface area contributed by atoms with Gasteiger partial charge in [-0.1, -0.05) is 128 Å². The predicted octanol–water partition coefficient (Wildman–Crippen LogP) is 11.6. The second-order valence-corrected chi connectivity index (χ2v) is 15.6. The van der Waals surface area contributed by atoms with Crippen LogP contribution in [0.25, 0.3) is 11.1 Å². The second-order valence-electron chi connectivity index (χ2n) is 11.9. The fraction of sp³-hybridized carbons (Fsp3) is 0.444. The molecule has 1 aliphatic rings. The molecule has 0 aliphatic heterocycles. The number of rotatable bonds is 13. The van der Waals surface area contributed by atoms with Crippen molar-refractivity contribution < 1.29 is 21.7 Å². The molecule has 0 radical (unpaired) electrons. The number of hydrogen-bond acceptors (Lipinski definition) is 1. The number of nitrogens with zero attached hydrogens (tertiary/aromatic N) is 1. The summed E-state index contributed by atoms with van der Waals surface area (Å²) < 4.78 is 5.43. The molecule has 1 aliphatic carbocycles. The number of hydrogen-bond donors (Lipinski definition) is 0. The van der Waals surface area contributed by atoms with Gasteiger partial charge >= 0.3 is 0 Å². The van der Waals surface area contributed by atoms with Gasteiger partial charge in [-0.2, -0.15) is 0 Å². The van der Waals surface area contributed by atoms with Gasteiger partial charge in [-0.05, 0) is 90.9 Å². The summed E-state index contributed by atoms with van der Waals surface area (Å²) >= 11 is 0. The van der Waals surface area contributed by atoms with E-state index in [9.17, 15) is 0 Å². The van der Waals surface area contributed by atoms with Crippen LogP contribution in [-0.4, -0.2) is 18.5 Å². The fourth-order valence-electron chi connectivity index (χ4n) is 4.39. The molecule has 2 aromatic carbocycles. The second kappa shape index (κ2) is 18.6. The molecule has 39 heavy (non-hydrogen) atoms. The maximum atomic E-state index is 5.43. The Morgan fingerprint density at radius 1 is 0.692 bits per heavy atom. The molecule has 0 unspecified atom stereocenters. The van der Waals surface area contributed by atoms with Gasteiger partial charge in [-0.15, -0.1) is 0 Å². The summed E-state index contributed by atoms with van der Waals surface area (Å²) in [7, 11) is -1.19. The minimum atomic E-state index is -1.19.